The van der Waals surface area contributed by atoms with Crippen molar-refractivity contribution in [3.63, 3.8) is 0 Å². The molecule has 1 aliphatic rings. The van der Waals surface area contributed by atoms with E-state index < -0.39 is 27.3 Å². The molecule has 1 N–H and O–H groups in total. The number of nitrogens with zero attached hydrogens (tertiary/aromatic N) is 3. The maximum Gasteiger partial charge on any atom is 0.271 e. The molecule has 0 saturated carbocycles. The van der Waals surface area contributed by atoms with Crippen LogP contribution in [0.4, 0.5) is 5.69 Å². The van der Waals surface area contributed by atoms with Crippen LogP contribution in [-0.2, 0) is 9.84 Å². The van der Waals surface area contributed by atoms with Crippen LogP contribution in [0.2, 0.25) is 5.02 Å². The molecular weight excluding hydrogens is 390 g/mol. The van der Waals surface area contributed by atoms with Crippen LogP contribution in [0.1, 0.15) is 29.2 Å². The van der Waals surface area contributed by atoms with Gasteiger partial charge in [0.05, 0.1) is 33.8 Å². The summed E-state index contributed by atoms with van der Waals surface area (Å²) in [5.41, 5.74) is 0.0446. The number of aromatic nitrogens is 1. The lowest BCUT2D eigenvalue weighted by Crippen LogP contribution is -2.29. The van der Waals surface area contributed by atoms with Gasteiger partial charge in [-0.3, -0.25) is 14.4 Å². The number of halogens is 1. The van der Waals surface area contributed by atoms with Crippen molar-refractivity contribution in [2.24, 2.45) is 4.99 Å². The fourth-order valence-corrected chi connectivity index (χ4v) is 4.99. The van der Waals surface area contributed by atoms with Gasteiger partial charge >= 0.3 is 0 Å². The summed E-state index contributed by atoms with van der Waals surface area (Å²) in [5.74, 6) is -0.730. The smallest absolute Gasteiger partial charge is 0.271 e. The van der Waals surface area contributed by atoms with Crippen LogP contribution in [0.15, 0.2) is 34.1 Å². The van der Waals surface area contributed by atoms with Gasteiger partial charge in [-0.15, -0.1) is 0 Å². The molecule has 1 aromatic heterocycles. The Bertz CT molecular complexity index is 1150. The molecule has 1 aromatic carbocycles. The standard InChI is InChI=1S/C18H16ClN3O4S/c1-11-13(8-20)17(23)22(12-6-7-27(25,26)10-12)18(24)14(11)9-21-16-5-3-2-4-15(16)19/h2-5,9,12,24H,6-7,10H2,1H3/t12-/m1/s1. The Hall–Kier alpha value is -2.63. The van der Waals surface area contributed by atoms with Gasteiger partial charge in [-0.1, -0.05) is 23.7 Å². The number of benzene rings is 1. The van der Waals surface area contributed by atoms with Gasteiger partial charge in [0.25, 0.3) is 5.56 Å². The topological polar surface area (TPSA) is 113 Å². The zero-order chi connectivity index (χ0) is 19.8. The van der Waals surface area contributed by atoms with Crippen molar-refractivity contribution in [3.8, 4) is 11.9 Å². The fourth-order valence-electron chi connectivity index (χ4n) is 3.10. The number of pyridine rings is 1. The Morgan fingerprint density at radius 2 is 2.11 bits per heavy atom. The summed E-state index contributed by atoms with van der Waals surface area (Å²) < 4.78 is 24.6. The summed E-state index contributed by atoms with van der Waals surface area (Å²) in [6.45, 7) is 1.53. The first-order valence-corrected chi connectivity index (χ1v) is 10.3. The maximum atomic E-state index is 12.6. The van der Waals surface area contributed by atoms with E-state index in [0.717, 1.165) is 4.57 Å². The molecule has 7 nitrogen and oxygen atoms in total. The van der Waals surface area contributed by atoms with Gasteiger partial charge in [0.1, 0.15) is 11.6 Å². The third kappa shape index (κ3) is 3.61. The maximum absolute atomic E-state index is 12.6. The van der Waals surface area contributed by atoms with E-state index in [0.29, 0.717) is 10.7 Å². The molecule has 1 atom stereocenters. The summed E-state index contributed by atoms with van der Waals surface area (Å²) in [5, 5.41) is 20.5. The van der Waals surface area contributed by atoms with Gasteiger partial charge in [-0.25, -0.2) is 8.42 Å². The lowest BCUT2D eigenvalue weighted by molar-refractivity contribution is 0.379. The van der Waals surface area contributed by atoms with Crippen molar-refractivity contribution in [2.45, 2.75) is 19.4 Å². The van der Waals surface area contributed by atoms with E-state index >= 15 is 0 Å². The molecule has 1 saturated heterocycles. The molecule has 0 spiro atoms. The van der Waals surface area contributed by atoms with Crippen LogP contribution in [0.25, 0.3) is 0 Å². The first kappa shape index (κ1) is 19.1. The minimum atomic E-state index is -3.29. The molecule has 0 bridgehead atoms. The summed E-state index contributed by atoms with van der Waals surface area (Å²) in [6.07, 6.45) is 1.52. The molecule has 0 amide bonds. The number of nitriles is 1. The third-order valence-electron chi connectivity index (χ3n) is 4.55. The Balaban J connectivity index is 2.18. The number of hydrogen-bond donors (Lipinski definition) is 1. The molecule has 27 heavy (non-hydrogen) atoms. The zero-order valence-electron chi connectivity index (χ0n) is 14.4. The van der Waals surface area contributed by atoms with Crippen molar-refractivity contribution < 1.29 is 13.5 Å². The predicted molar refractivity (Wildman–Crippen MR) is 103 cm³/mol. The number of sulfone groups is 1. The molecule has 1 fully saturated rings. The average Bonchev–Trinajstić information content (AvgIpc) is 2.96. The minimum Gasteiger partial charge on any atom is -0.494 e. The molecule has 2 heterocycles. The summed E-state index contributed by atoms with van der Waals surface area (Å²) in [7, 11) is -3.29. The summed E-state index contributed by atoms with van der Waals surface area (Å²) >= 11 is 6.07. The van der Waals surface area contributed by atoms with Crippen LogP contribution in [0, 0.1) is 18.3 Å². The number of rotatable bonds is 3. The van der Waals surface area contributed by atoms with Gasteiger partial charge in [0, 0.05) is 6.21 Å². The number of aromatic hydroxyl groups is 1. The van der Waals surface area contributed by atoms with Crippen LogP contribution in [-0.4, -0.2) is 35.8 Å². The van der Waals surface area contributed by atoms with Crippen molar-refractivity contribution in [1.29, 1.82) is 5.26 Å². The summed E-state index contributed by atoms with van der Waals surface area (Å²) in [4.78, 5) is 16.9. The minimum absolute atomic E-state index is 0.0671. The number of hydrogen-bond acceptors (Lipinski definition) is 6. The van der Waals surface area contributed by atoms with Gasteiger partial charge in [0.15, 0.2) is 9.84 Å². The molecule has 0 radical (unpaired) electrons. The lowest BCUT2D eigenvalue weighted by atomic mass is 10.0. The molecule has 0 unspecified atom stereocenters. The molecular formula is C18H16ClN3O4S. The molecule has 9 heteroatoms. The average molecular weight is 406 g/mol. The fraction of sp³-hybridized carbons (Fsp3) is 0.278. The van der Waals surface area contributed by atoms with Crippen LogP contribution in [0.3, 0.4) is 0 Å². The van der Waals surface area contributed by atoms with Gasteiger partial charge in [-0.05, 0) is 31.0 Å². The third-order valence-corrected chi connectivity index (χ3v) is 6.62. The van der Waals surface area contributed by atoms with Crippen molar-refractivity contribution in [1.82, 2.24) is 4.57 Å². The highest BCUT2D eigenvalue weighted by Gasteiger charge is 2.33. The lowest BCUT2D eigenvalue weighted by Gasteiger charge is -2.18. The highest BCUT2D eigenvalue weighted by atomic mass is 35.5. The Morgan fingerprint density at radius 3 is 2.70 bits per heavy atom. The highest BCUT2D eigenvalue weighted by Crippen LogP contribution is 2.30. The second-order valence-electron chi connectivity index (χ2n) is 6.29. The second-order valence-corrected chi connectivity index (χ2v) is 8.93. The Morgan fingerprint density at radius 1 is 1.41 bits per heavy atom. The van der Waals surface area contributed by atoms with E-state index in [1.165, 1.54) is 13.1 Å². The van der Waals surface area contributed by atoms with Gasteiger partial charge in [0.2, 0.25) is 5.88 Å². The molecule has 1 aliphatic heterocycles. The largest absolute Gasteiger partial charge is 0.494 e. The van der Waals surface area contributed by atoms with Crippen LogP contribution >= 0.6 is 11.6 Å². The first-order valence-electron chi connectivity index (χ1n) is 8.12. The molecule has 140 valence electrons. The van der Waals surface area contributed by atoms with Gasteiger partial charge in [-0.2, -0.15) is 5.26 Å². The van der Waals surface area contributed by atoms with E-state index in [4.69, 9.17) is 11.6 Å². The SMILES string of the molecule is Cc1c(C=Nc2ccccc2Cl)c(O)n([C@@H]2CCS(=O)(=O)C2)c(=O)c1C#N. The number of aliphatic imine (C=N–C) groups is 1. The Labute approximate surface area is 161 Å². The monoisotopic (exact) mass is 405 g/mol. The quantitative estimate of drug-likeness (QED) is 0.788. The van der Waals surface area contributed by atoms with E-state index in [1.54, 1.807) is 24.3 Å². The van der Waals surface area contributed by atoms with Crippen molar-refractivity contribution in [2.75, 3.05) is 11.5 Å². The number of para-hydroxylation sites is 1. The van der Waals surface area contributed by atoms with Gasteiger partial charge < -0.3 is 5.11 Å². The van der Waals surface area contributed by atoms with E-state index in [1.807, 2.05) is 6.07 Å². The van der Waals surface area contributed by atoms with Crippen LogP contribution < -0.4 is 5.56 Å². The normalized spacial score (nSPS) is 18.6. The molecule has 3 rings (SSSR count). The van der Waals surface area contributed by atoms with E-state index in [9.17, 15) is 23.6 Å². The highest BCUT2D eigenvalue weighted by molar-refractivity contribution is 7.91. The molecule has 0 aliphatic carbocycles. The summed E-state index contributed by atoms with van der Waals surface area (Å²) in [6, 6.07) is 7.95. The van der Waals surface area contributed by atoms with Crippen molar-refractivity contribution >= 4 is 33.3 Å². The van der Waals surface area contributed by atoms with Crippen molar-refractivity contribution in [3.05, 3.63) is 56.3 Å². The predicted octanol–water partition coefficient (Wildman–Crippen LogP) is 2.50. The van der Waals surface area contributed by atoms with E-state index in [2.05, 4.69) is 4.99 Å². The van der Waals surface area contributed by atoms with E-state index in [-0.39, 0.29) is 34.6 Å². The van der Waals surface area contributed by atoms with Crippen LogP contribution in [0.5, 0.6) is 5.88 Å². The first-order chi connectivity index (χ1) is 12.7. The second kappa shape index (κ2) is 7.18. The Kier molecular flexibility index (Phi) is 5.09. The molecule has 2 aromatic rings. The zero-order valence-corrected chi connectivity index (χ0v) is 16.0.